The summed E-state index contributed by atoms with van der Waals surface area (Å²) in [5, 5.41) is 12.0. The normalized spacial score (nSPS) is 15.8. The van der Waals surface area contributed by atoms with Crippen LogP contribution in [0.3, 0.4) is 0 Å². The minimum atomic E-state index is -3.22. The fraction of sp³-hybridized carbons (Fsp3) is 0.556. The highest BCUT2D eigenvalue weighted by Gasteiger charge is 2.30. The highest BCUT2D eigenvalue weighted by Crippen LogP contribution is 2.19. The predicted octanol–water partition coefficient (Wildman–Crippen LogP) is 1.64. The van der Waals surface area contributed by atoms with E-state index in [9.17, 15) is 23.1 Å². The maximum Gasteiger partial charge on any atom is 0.317 e. The molecule has 0 aromatic heterocycles. The maximum absolute atomic E-state index is 12.1. The van der Waals surface area contributed by atoms with Gasteiger partial charge in [0.2, 0.25) is 15.9 Å². The maximum atomic E-state index is 12.1. The van der Waals surface area contributed by atoms with Crippen molar-refractivity contribution in [3.63, 3.8) is 0 Å². The summed E-state index contributed by atoms with van der Waals surface area (Å²) >= 11 is 0. The molecule has 0 aliphatic carbocycles. The van der Waals surface area contributed by atoms with E-state index in [0.29, 0.717) is 38.2 Å². The van der Waals surface area contributed by atoms with E-state index >= 15 is 0 Å². The quantitative estimate of drug-likeness (QED) is 0.613. The number of hydrogen-bond donors (Lipinski definition) is 2. The Morgan fingerprint density at radius 1 is 1.21 bits per heavy atom. The third-order valence-corrected chi connectivity index (χ3v) is 6.60. The van der Waals surface area contributed by atoms with Gasteiger partial charge in [-0.2, -0.15) is 0 Å². The van der Waals surface area contributed by atoms with Crippen LogP contribution in [0.25, 0.3) is 0 Å². The van der Waals surface area contributed by atoms with Crippen molar-refractivity contribution in [3.8, 4) is 0 Å². The summed E-state index contributed by atoms with van der Waals surface area (Å²) in [6.45, 7) is 2.53. The van der Waals surface area contributed by atoms with Gasteiger partial charge in [-0.15, -0.1) is 12.4 Å². The number of carboxylic acid groups (broad SMARTS) is 1. The lowest BCUT2D eigenvalue weighted by atomic mass is 10.0. The summed E-state index contributed by atoms with van der Waals surface area (Å²) in [7, 11) is -3.22. The van der Waals surface area contributed by atoms with Crippen molar-refractivity contribution in [1.29, 1.82) is 0 Å². The van der Waals surface area contributed by atoms with E-state index in [2.05, 4.69) is 5.32 Å². The smallest absolute Gasteiger partial charge is 0.317 e. The van der Waals surface area contributed by atoms with Gasteiger partial charge in [-0.3, -0.25) is 14.5 Å². The van der Waals surface area contributed by atoms with Crippen molar-refractivity contribution in [3.05, 3.63) is 30.3 Å². The minimum absolute atomic E-state index is 0. The van der Waals surface area contributed by atoms with Crippen LogP contribution in [0.15, 0.2) is 30.3 Å². The molecule has 1 aromatic rings. The molecule has 0 bridgehead atoms. The molecule has 0 saturated carbocycles. The second-order valence-electron chi connectivity index (χ2n) is 6.56. The molecular weight excluding hydrogens is 406 g/mol. The van der Waals surface area contributed by atoms with E-state index < -0.39 is 16.0 Å². The predicted molar refractivity (Wildman–Crippen MR) is 110 cm³/mol. The zero-order chi connectivity index (χ0) is 19.9. The topological polar surface area (TPSA) is 107 Å². The van der Waals surface area contributed by atoms with Gasteiger partial charge in [0.05, 0.1) is 12.3 Å². The Bertz CT molecular complexity index is 737. The second kappa shape index (κ2) is 11.4. The number of benzene rings is 1. The monoisotopic (exact) mass is 433 g/mol. The summed E-state index contributed by atoms with van der Waals surface area (Å²) < 4.78 is 25.4. The minimum Gasteiger partial charge on any atom is -0.480 e. The molecule has 8 nitrogen and oxygen atoms in total. The zero-order valence-corrected chi connectivity index (χ0v) is 17.5. The second-order valence-corrected chi connectivity index (χ2v) is 8.82. The first-order chi connectivity index (χ1) is 12.8. The molecule has 0 atom stereocenters. The lowest BCUT2D eigenvalue weighted by molar-refractivity contribution is -0.139. The number of para-hydroxylation sites is 1. The Kier molecular flexibility index (Phi) is 9.88. The van der Waals surface area contributed by atoms with Gasteiger partial charge in [0.15, 0.2) is 0 Å². The summed E-state index contributed by atoms with van der Waals surface area (Å²) in [5.41, 5.74) is 0.699. The SMILES string of the molecule is CCS(=O)(=O)N1CCC(N(CCC(=O)Nc2ccccc2)CC(=O)O)CC1.Cl. The summed E-state index contributed by atoms with van der Waals surface area (Å²) in [5.74, 6) is -1.07. The molecule has 158 valence electrons. The van der Waals surface area contributed by atoms with Gasteiger partial charge >= 0.3 is 5.97 Å². The molecule has 2 N–H and O–H groups in total. The average molecular weight is 434 g/mol. The number of halogens is 1. The fourth-order valence-corrected chi connectivity index (χ4v) is 4.35. The number of amides is 1. The molecule has 1 heterocycles. The van der Waals surface area contributed by atoms with Crippen molar-refractivity contribution in [2.75, 3.05) is 37.2 Å². The lowest BCUT2D eigenvalue weighted by Gasteiger charge is -2.37. The third kappa shape index (κ3) is 7.38. The number of anilines is 1. The molecule has 1 amide bonds. The summed E-state index contributed by atoms with van der Waals surface area (Å²) in [4.78, 5) is 25.1. The van der Waals surface area contributed by atoms with Crippen LogP contribution >= 0.6 is 12.4 Å². The molecule has 0 unspecified atom stereocenters. The van der Waals surface area contributed by atoms with Gasteiger partial charge in [0, 0.05) is 37.8 Å². The third-order valence-electron chi connectivity index (χ3n) is 4.72. The first-order valence-corrected chi connectivity index (χ1v) is 10.7. The highest BCUT2D eigenvalue weighted by molar-refractivity contribution is 7.89. The number of rotatable bonds is 9. The van der Waals surface area contributed by atoms with E-state index in [4.69, 9.17) is 0 Å². The Labute approximate surface area is 172 Å². The van der Waals surface area contributed by atoms with Crippen LogP contribution in [0.4, 0.5) is 5.69 Å². The number of nitrogens with one attached hydrogen (secondary N) is 1. The number of carboxylic acids is 1. The first kappa shape index (κ1) is 24.4. The Balaban J connectivity index is 0.00000392. The van der Waals surface area contributed by atoms with Crippen molar-refractivity contribution < 1.29 is 23.1 Å². The molecule has 10 heteroatoms. The molecule has 1 saturated heterocycles. The number of nitrogens with zero attached hydrogens (tertiary/aromatic N) is 2. The van der Waals surface area contributed by atoms with Crippen molar-refractivity contribution in [2.45, 2.75) is 32.2 Å². The van der Waals surface area contributed by atoms with Crippen LogP contribution in [-0.2, 0) is 19.6 Å². The summed E-state index contributed by atoms with van der Waals surface area (Å²) in [6, 6.07) is 9.03. The number of sulfonamides is 1. The molecule has 28 heavy (non-hydrogen) atoms. The van der Waals surface area contributed by atoms with Crippen molar-refractivity contribution in [2.24, 2.45) is 0 Å². The molecular formula is C18H28ClN3O5S. The molecule has 2 rings (SSSR count). The van der Waals surface area contributed by atoms with Crippen molar-refractivity contribution >= 4 is 40.0 Å². The molecule has 0 spiro atoms. The highest BCUT2D eigenvalue weighted by atomic mass is 35.5. The van der Waals surface area contributed by atoms with Crippen LogP contribution in [0, 0.1) is 0 Å². The average Bonchev–Trinajstić information content (AvgIpc) is 2.66. The first-order valence-electron chi connectivity index (χ1n) is 9.10. The van der Waals surface area contributed by atoms with Gasteiger partial charge in [0.1, 0.15) is 0 Å². The van der Waals surface area contributed by atoms with Crippen LogP contribution in [0.5, 0.6) is 0 Å². The van der Waals surface area contributed by atoms with Gasteiger partial charge < -0.3 is 10.4 Å². The number of aliphatic carboxylic acids is 1. The standard InChI is InChI=1S/C18H27N3O5S.ClH/c1-2-27(25,26)21-12-8-16(9-13-21)20(14-18(23)24)11-10-17(22)19-15-6-4-3-5-7-15;/h3-7,16H,2,8-14H2,1H3,(H,19,22)(H,23,24);1H. The van der Waals surface area contributed by atoms with E-state index in [1.165, 1.54) is 4.31 Å². The van der Waals surface area contributed by atoms with E-state index in [1.807, 2.05) is 18.2 Å². The zero-order valence-electron chi connectivity index (χ0n) is 15.9. The molecule has 1 aliphatic rings. The van der Waals surface area contributed by atoms with Gasteiger partial charge in [-0.05, 0) is 31.9 Å². The Morgan fingerprint density at radius 2 is 1.82 bits per heavy atom. The van der Waals surface area contributed by atoms with Gasteiger partial charge in [0.25, 0.3) is 0 Å². The molecule has 0 radical (unpaired) electrons. The lowest BCUT2D eigenvalue weighted by Crippen LogP contribution is -2.49. The van der Waals surface area contributed by atoms with Crippen LogP contribution in [0.2, 0.25) is 0 Å². The van der Waals surface area contributed by atoms with Gasteiger partial charge in [-0.25, -0.2) is 12.7 Å². The molecule has 1 aliphatic heterocycles. The summed E-state index contributed by atoms with van der Waals surface area (Å²) in [6.07, 6.45) is 1.30. The van der Waals surface area contributed by atoms with Crippen LogP contribution in [0.1, 0.15) is 26.2 Å². The number of piperidine rings is 1. The van der Waals surface area contributed by atoms with E-state index in [1.54, 1.807) is 24.0 Å². The number of hydrogen-bond acceptors (Lipinski definition) is 5. The van der Waals surface area contributed by atoms with Crippen LogP contribution < -0.4 is 5.32 Å². The largest absolute Gasteiger partial charge is 0.480 e. The molecule has 1 fully saturated rings. The van der Waals surface area contributed by atoms with E-state index in [-0.39, 0.29) is 43.1 Å². The Hall–Kier alpha value is -1.68. The van der Waals surface area contributed by atoms with Gasteiger partial charge in [-0.1, -0.05) is 18.2 Å². The van der Waals surface area contributed by atoms with Crippen molar-refractivity contribution in [1.82, 2.24) is 9.21 Å². The molecule has 1 aromatic carbocycles. The van der Waals surface area contributed by atoms with Crippen LogP contribution in [-0.4, -0.2) is 72.6 Å². The Morgan fingerprint density at radius 3 is 2.36 bits per heavy atom. The number of carbonyl (C=O) groups excluding carboxylic acids is 1. The fourth-order valence-electron chi connectivity index (χ4n) is 3.22. The number of carbonyl (C=O) groups is 2. The van der Waals surface area contributed by atoms with E-state index in [0.717, 1.165) is 0 Å².